The average molecular weight is 343 g/mol. The molecule has 3 aliphatic rings. The summed E-state index contributed by atoms with van der Waals surface area (Å²) in [5.41, 5.74) is 0.722. The highest BCUT2D eigenvalue weighted by molar-refractivity contribution is 5.94. The van der Waals surface area contributed by atoms with Gasteiger partial charge in [0.1, 0.15) is 5.75 Å². The molecule has 0 bridgehead atoms. The van der Waals surface area contributed by atoms with Crippen molar-refractivity contribution in [1.29, 1.82) is 0 Å². The number of benzene rings is 1. The van der Waals surface area contributed by atoms with Crippen LogP contribution in [0.15, 0.2) is 24.3 Å². The molecule has 6 nitrogen and oxygen atoms in total. The lowest BCUT2D eigenvalue weighted by Crippen LogP contribution is -2.50. The maximum atomic E-state index is 12.3. The Bertz CT molecular complexity index is 647. The Hall–Kier alpha value is -2.08. The predicted octanol–water partition coefficient (Wildman–Crippen LogP) is 1.72. The second-order valence-corrected chi connectivity index (χ2v) is 7.23. The zero-order valence-electron chi connectivity index (χ0n) is 14.4. The van der Waals surface area contributed by atoms with Crippen LogP contribution in [0.3, 0.4) is 0 Å². The van der Waals surface area contributed by atoms with Gasteiger partial charge in [-0.2, -0.15) is 0 Å². The highest BCUT2D eigenvalue weighted by atomic mass is 16.5. The van der Waals surface area contributed by atoms with Crippen LogP contribution in [-0.4, -0.2) is 60.4 Å². The Balaban J connectivity index is 1.24. The summed E-state index contributed by atoms with van der Waals surface area (Å²) in [6, 6.07) is 8.02. The molecule has 1 aromatic rings. The van der Waals surface area contributed by atoms with Crippen LogP contribution >= 0.6 is 0 Å². The number of hydrogen-bond acceptors (Lipinski definition) is 4. The molecule has 6 heteroatoms. The zero-order chi connectivity index (χ0) is 17.2. The van der Waals surface area contributed by atoms with E-state index in [1.54, 1.807) is 6.07 Å². The summed E-state index contributed by atoms with van der Waals surface area (Å²) < 4.78 is 5.65. The van der Waals surface area contributed by atoms with E-state index >= 15 is 0 Å². The molecule has 0 atom stereocenters. The molecular formula is C19H25N3O3. The van der Waals surface area contributed by atoms with Gasteiger partial charge in [-0.05, 0) is 37.8 Å². The van der Waals surface area contributed by atoms with E-state index in [1.807, 2.05) is 23.1 Å². The molecule has 2 aliphatic carbocycles. The van der Waals surface area contributed by atoms with Crippen LogP contribution < -0.4 is 10.1 Å². The number of hydrogen-bond donors (Lipinski definition) is 1. The summed E-state index contributed by atoms with van der Waals surface area (Å²) in [6.45, 7) is 3.56. The average Bonchev–Trinajstić information content (AvgIpc) is 3.51. The Kier molecular flexibility index (Phi) is 4.61. The lowest BCUT2D eigenvalue weighted by molar-refractivity contribution is -0.135. The fraction of sp³-hybridized carbons (Fsp3) is 0.579. The predicted molar refractivity (Wildman–Crippen MR) is 94.5 cm³/mol. The Labute approximate surface area is 148 Å². The van der Waals surface area contributed by atoms with Gasteiger partial charge < -0.3 is 15.0 Å². The summed E-state index contributed by atoms with van der Waals surface area (Å²) in [5, 5.41) is 2.90. The maximum Gasteiger partial charge on any atom is 0.260 e. The molecular weight excluding hydrogens is 318 g/mol. The number of carbonyl (C=O) groups excluding carboxylic acids is 2. The van der Waals surface area contributed by atoms with Gasteiger partial charge in [0.15, 0.2) is 6.61 Å². The van der Waals surface area contributed by atoms with E-state index in [9.17, 15) is 9.59 Å². The minimum Gasteiger partial charge on any atom is -0.484 e. The van der Waals surface area contributed by atoms with Crippen molar-refractivity contribution in [3.63, 3.8) is 0 Å². The van der Waals surface area contributed by atoms with Crippen molar-refractivity contribution in [3.05, 3.63) is 24.3 Å². The van der Waals surface area contributed by atoms with Gasteiger partial charge in [0.05, 0.1) is 0 Å². The van der Waals surface area contributed by atoms with Crippen LogP contribution in [0.4, 0.5) is 5.69 Å². The first-order chi connectivity index (χ1) is 12.2. The topological polar surface area (TPSA) is 61.9 Å². The Morgan fingerprint density at radius 3 is 2.52 bits per heavy atom. The smallest absolute Gasteiger partial charge is 0.260 e. The first-order valence-electron chi connectivity index (χ1n) is 9.24. The summed E-state index contributed by atoms with van der Waals surface area (Å²) in [4.78, 5) is 28.5. The number of amides is 2. The van der Waals surface area contributed by atoms with Gasteiger partial charge in [0.2, 0.25) is 5.91 Å². The van der Waals surface area contributed by atoms with Crippen molar-refractivity contribution in [2.45, 2.75) is 31.7 Å². The molecule has 4 rings (SSSR count). The van der Waals surface area contributed by atoms with Crippen LogP contribution in [0.2, 0.25) is 0 Å². The maximum absolute atomic E-state index is 12.3. The molecule has 1 N–H and O–H groups in total. The molecule has 0 unspecified atom stereocenters. The quantitative estimate of drug-likeness (QED) is 0.854. The summed E-state index contributed by atoms with van der Waals surface area (Å²) in [6.07, 6.45) is 4.57. The van der Waals surface area contributed by atoms with Crippen molar-refractivity contribution in [2.75, 3.05) is 38.1 Å². The summed E-state index contributed by atoms with van der Waals surface area (Å²) >= 11 is 0. The third kappa shape index (κ3) is 4.31. The lowest BCUT2D eigenvalue weighted by Gasteiger charge is -2.34. The molecule has 25 heavy (non-hydrogen) atoms. The van der Waals surface area contributed by atoms with E-state index in [2.05, 4.69) is 10.2 Å². The van der Waals surface area contributed by atoms with Crippen LogP contribution in [-0.2, 0) is 9.59 Å². The molecule has 1 aliphatic heterocycles. The van der Waals surface area contributed by atoms with Gasteiger partial charge in [-0.3, -0.25) is 14.5 Å². The number of nitrogens with zero attached hydrogens (tertiary/aromatic N) is 2. The minimum atomic E-state index is 0.0304. The third-order valence-electron chi connectivity index (χ3n) is 5.14. The molecule has 1 saturated heterocycles. The van der Waals surface area contributed by atoms with E-state index in [0.29, 0.717) is 5.75 Å². The first kappa shape index (κ1) is 16.4. The Morgan fingerprint density at radius 1 is 1.08 bits per heavy atom. The Morgan fingerprint density at radius 2 is 1.84 bits per heavy atom. The van der Waals surface area contributed by atoms with Crippen molar-refractivity contribution >= 4 is 17.5 Å². The lowest BCUT2D eigenvalue weighted by atomic mass is 10.3. The molecule has 0 spiro atoms. The SMILES string of the molecule is O=C(Nc1cccc(OCC(=O)N2CCN(C3CC3)CC2)c1)C1CC1. The van der Waals surface area contributed by atoms with Crippen molar-refractivity contribution in [3.8, 4) is 5.75 Å². The van der Waals surface area contributed by atoms with E-state index < -0.39 is 0 Å². The van der Waals surface area contributed by atoms with Gasteiger partial charge in [0.25, 0.3) is 5.91 Å². The van der Waals surface area contributed by atoms with Gasteiger partial charge >= 0.3 is 0 Å². The molecule has 1 aromatic carbocycles. The molecule has 3 fully saturated rings. The van der Waals surface area contributed by atoms with E-state index in [4.69, 9.17) is 4.74 Å². The number of rotatable bonds is 6. The number of nitrogens with one attached hydrogen (secondary N) is 1. The highest BCUT2D eigenvalue weighted by Crippen LogP contribution is 2.30. The fourth-order valence-corrected chi connectivity index (χ4v) is 3.27. The fourth-order valence-electron chi connectivity index (χ4n) is 3.27. The number of anilines is 1. The normalized spacial score (nSPS) is 21.0. The second-order valence-electron chi connectivity index (χ2n) is 7.23. The van der Waals surface area contributed by atoms with E-state index in [-0.39, 0.29) is 24.3 Å². The number of ether oxygens (including phenoxy) is 1. The van der Waals surface area contributed by atoms with Crippen molar-refractivity contribution in [1.82, 2.24) is 9.80 Å². The second kappa shape index (κ2) is 7.04. The molecule has 0 aromatic heterocycles. The van der Waals surface area contributed by atoms with E-state index in [0.717, 1.165) is 50.7 Å². The standard InChI is InChI=1S/C19H25N3O3/c23-18(22-10-8-21(9-11-22)16-6-7-16)13-25-17-3-1-2-15(12-17)20-19(24)14-4-5-14/h1-3,12,14,16H,4-11,13H2,(H,20,24). The number of piperazine rings is 1. The van der Waals surface area contributed by atoms with Gasteiger partial charge in [-0.1, -0.05) is 6.07 Å². The third-order valence-corrected chi connectivity index (χ3v) is 5.14. The van der Waals surface area contributed by atoms with Gasteiger partial charge in [-0.15, -0.1) is 0 Å². The largest absolute Gasteiger partial charge is 0.484 e. The first-order valence-corrected chi connectivity index (χ1v) is 9.24. The summed E-state index contributed by atoms with van der Waals surface area (Å²) in [5.74, 6) is 0.878. The van der Waals surface area contributed by atoms with Gasteiger partial charge in [0, 0.05) is 49.9 Å². The monoisotopic (exact) mass is 343 g/mol. The molecule has 2 saturated carbocycles. The molecule has 134 valence electrons. The van der Waals surface area contributed by atoms with Crippen LogP contribution in [0.25, 0.3) is 0 Å². The molecule has 2 amide bonds. The summed E-state index contributed by atoms with van der Waals surface area (Å²) in [7, 11) is 0. The highest BCUT2D eigenvalue weighted by Gasteiger charge is 2.32. The molecule has 0 radical (unpaired) electrons. The molecule has 1 heterocycles. The van der Waals surface area contributed by atoms with Crippen molar-refractivity contribution in [2.24, 2.45) is 5.92 Å². The number of carbonyl (C=O) groups is 2. The van der Waals surface area contributed by atoms with Gasteiger partial charge in [-0.25, -0.2) is 0 Å². The van der Waals surface area contributed by atoms with Crippen LogP contribution in [0, 0.1) is 5.92 Å². The zero-order valence-corrected chi connectivity index (χ0v) is 14.4. The van der Waals surface area contributed by atoms with Crippen LogP contribution in [0.1, 0.15) is 25.7 Å². The van der Waals surface area contributed by atoms with Crippen LogP contribution in [0.5, 0.6) is 5.75 Å². The minimum absolute atomic E-state index is 0.0304. The van der Waals surface area contributed by atoms with E-state index in [1.165, 1.54) is 12.8 Å². The van der Waals surface area contributed by atoms with Crippen molar-refractivity contribution < 1.29 is 14.3 Å².